The largest absolute Gasteiger partial charge is 0.467 e. The van der Waals surface area contributed by atoms with Crippen molar-refractivity contribution in [3.05, 3.63) is 23.3 Å². The van der Waals surface area contributed by atoms with Crippen LogP contribution in [0, 0.1) is 0 Å². The van der Waals surface area contributed by atoms with Gasteiger partial charge in [-0.3, -0.25) is 0 Å². The van der Waals surface area contributed by atoms with Crippen LogP contribution in [0.3, 0.4) is 0 Å². The molecule has 0 saturated carbocycles. The predicted molar refractivity (Wildman–Crippen MR) is 85.4 cm³/mol. The zero-order valence-electron chi connectivity index (χ0n) is 11.8. The molecule has 3 rings (SSSR count). The van der Waals surface area contributed by atoms with Gasteiger partial charge in [0.25, 0.3) is 0 Å². The third kappa shape index (κ3) is 1.48. The first-order chi connectivity index (χ1) is 8.12. The van der Waals surface area contributed by atoms with E-state index in [0.717, 1.165) is 17.9 Å². The molecule has 0 amide bonds. The van der Waals surface area contributed by atoms with Crippen LogP contribution in [0.5, 0.6) is 11.5 Å². The molecule has 88 valence electrons. The van der Waals surface area contributed by atoms with Crippen LogP contribution in [0.15, 0.2) is 12.1 Å². The monoisotopic (exact) mass is 237 g/mol. The number of hydrogen-bond donors (Lipinski definition) is 1. The zero-order valence-corrected chi connectivity index (χ0v) is 11.8. The lowest BCUT2D eigenvalue weighted by atomic mass is 9.40. The molecule has 0 radical (unpaired) electrons. The molecule has 1 heterocycles. The summed E-state index contributed by atoms with van der Waals surface area (Å²) in [4.78, 5) is 0. The van der Waals surface area contributed by atoms with E-state index in [2.05, 4.69) is 35.7 Å². The highest BCUT2D eigenvalue weighted by molar-refractivity contribution is 6.46. The summed E-state index contributed by atoms with van der Waals surface area (Å²) in [7, 11) is 10.4. The second kappa shape index (κ2) is 3.16. The van der Waals surface area contributed by atoms with E-state index in [4.69, 9.17) is 15.2 Å². The maximum atomic E-state index is 6.44. The Balaban J connectivity index is 2.13. The molecule has 2 N–H and O–H groups in total. The topological polar surface area (TPSA) is 44.5 Å². The molecule has 0 fully saturated rings. The van der Waals surface area contributed by atoms with Crippen LogP contribution in [0.1, 0.15) is 11.1 Å². The maximum Gasteiger partial charge on any atom is 0.197 e. The molecular weight excluding hydrogens is 220 g/mol. The number of hydrogen-bond acceptors (Lipinski definition) is 3. The van der Waals surface area contributed by atoms with Crippen LogP contribution in [0.2, 0.25) is 0 Å². The summed E-state index contributed by atoms with van der Waals surface area (Å²) in [6.45, 7) is 0. The minimum absolute atomic E-state index is 0.0482. The Morgan fingerprint density at radius 3 is 2.17 bits per heavy atom. The summed E-state index contributed by atoms with van der Waals surface area (Å²) in [5, 5.41) is -0.0482. The van der Waals surface area contributed by atoms with E-state index in [1.807, 2.05) is 15.7 Å². The average molecular weight is 236 g/mol. The molecule has 2 aliphatic rings. The first-order valence-electron chi connectivity index (χ1n) is 6.47. The average Bonchev–Trinajstić information content (AvgIpc) is 2.55. The predicted octanol–water partition coefficient (Wildman–Crippen LogP) is -4.40. The number of ether oxygens (including phenoxy) is 2. The quantitative estimate of drug-likeness (QED) is 0.463. The maximum absolute atomic E-state index is 6.44. The van der Waals surface area contributed by atoms with Crippen LogP contribution >= 0.6 is 0 Å². The summed E-state index contributed by atoms with van der Waals surface area (Å²) in [5.74, 6) is 1.68. The fourth-order valence-electron chi connectivity index (χ4n) is 2.96. The van der Waals surface area contributed by atoms with E-state index >= 15 is 0 Å². The highest BCUT2D eigenvalue weighted by atomic mass is 16.7. The number of benzene rings is 1. The van der Waals surface area contributed by atoms with Gasteiger partial charge in [0.15, 0.2) is 32.8 Å². The Bertz CT molecular complexity index is 543. The van der Waals surface area contributed by atoms with Crippen molar-refractivity contribution in [3.63, 3.8) is 0 Å². The smallest absolute Gasteiger partial charge is 0.197 e. The summed E-state index contributed by atoms with van der Waals surface area (Å²) < 4.78 is 11.6. The van der Waals surface area contributed by atoms with Crippen molar-refractivity contribution >= 4 is 39.2 Å². The first-order valence-corrected chi connectivity index (χ1v) is 6.47. The lowest BCUT2D eigenvalue weighted by Crippen LogP contribution is -2.57. The summed E-state index contributed by atoms with van der Waals surface area (Å²) >= 11 is 0. The van der Waals surface area contributed by atoms with Crippen LogP contribution in [0.25, 0.3) is 0 Å². The summed E-state index contributed by atoms with van der Waals surface area (Å²) in [6.07, 6.45) is 0.881. The molecule has 0 aromatic heterocycles. The van der Waals surface area contributed by atoms with Gasteiger partial charge in [0, 0.05) is 0 Å². The highest BCUT2D eigenvalue weighted by Gasteiger charge is 2.47. The molecule has 0 saturated heterocycles. The van der Waals surface area contributed by atoms with E-state index in [9.17, 15) is 0 Å². The normalized spacial score (nSPS) is 30.1. The lowest BCUT2D eigenvalue weighted by Gasteiger charge is -2.36. The first kappa shape index (κ1) is 12.2. The number of nitrogens with two attached hydrogens (primary N) is 1. The van der Waals surface area contributed by atoms with E-state index in [-0.39, 0.29) is 10.7 Å². The molecule has 18 heavy (non-hydrogen) atoms. The number of rotatable bonds is 0. The van der Waals surface area contributed by atoms with Gasteiger partial charge in [0.05, 0.1) is 0 Å². The fourth-order valence-corrected chi connectivity index (χ4v) is 2.96. The third-order valence-corrected chi connectivity index (χ3v) is 4.54. The van der Waals surface area contributed by atoms with E-state index in [1.165, 1.54) is 11.1 Å². The molecule has 1 atom stereocenters. The molecule has 1 aromatic rings. The molecule has 1 aliphatic heterocycles. The highest BCUT2D eigenvalue weighted by Crippen LogP contribution is 2.47. The van der Waals surface area contributed by atoms with Gasteiger partial charge in [-0.25, -0.2) is 0 Å². The van der Waals surface area contributed by atoms with Crippen molar-refractivity contribution in [2.24, 2.45) is 5.73 Å². The minimum Gasteiger partial charge on any atom is -0.467 e. The van der Waals surface area contributed by atoms with Gasteiger partial charge in [-0.1, -0.05) is 5.21 Å². The lowest BCUT2D eigenvalue weighted by molar-refractivity contribution is 0.0833. The Kier molecular flexibility index (Phi) is 2.13. The van der Waals surface area contributed by atoms with Gasteiger partial charge in [-0.2, -0.15) is 0 Å². The Morgan fingerprint density at radius 2 is 1.56 bits per heavy atom. The van der Waals surface area contributed by atoms with Crippen LogP contribution < -0.4 is 15.2 Å². The molecule has 0 unspecified atom stereocenters. The van der Waals surface area contributed by atoms with Crippen molar-refractivity contribution in [2.75, 3.05) is 0 Å². The molecule has 0 spiro atoms. The van der Waals surface area contributed by atoms with Crippen molar-refractivity contribution in [3.8, 4) is 11.5 Å². The molecule has 3 nitrogen and oxygen atoms in total. The molecule has 1 aromatic carbocycles. The van der Waals surface area contributed by atoms with Crippen LogP contribution in [0.4, 0.5) is 0 Å². The van der Waals surface area contributed by atoms with Crippen molar-refractivity contribution in [1.29, 1.82) is 0 Å². The Labute approximate surface area is 112 Å². The fraction of sp³-hybridized carbons (Fsp3) is 0.400. The van der Waals surface area contributed by atoms with Crippen molar-refractivity contribution in [1.82, 2.24) is 0 Å². The number of fused-ring (bicyclic) bond motifs is 2. The van der Waals surface area contributed by atoms with Crippen LogP contribution in [-0.4, -0.2) is 50.3 Å². The Morgan fingerprint density at radius 1 is 1.00 bits per heavy atom. The van der Waals surface area contributed by atoms with E-state index in [1.54, 1.807) is 0 Å². The zero-order chi connectivity index (χ0) is 13.3. The van der Waals surface area contributed by atoms with Gasteiger partial charge < -0.3 is 15.2 Å². The molecule has 8 heteroatoms. The van der Waals surface area contributed by atoms with Gasteiger partial charge in [0.2, 0.25) is 0 Å². The van der Waals surface area contributed by atoms with Crippen molar-refractivity contribution < 1.29 is 9.47 Å². The summed E-state index contributed by atoms with van der Waals surface area (Å²) in [5.41, 5.74) is 8.22. The van der Waals surface area contributed by atoms with Crippen molar-refractivity contribution in [2.45, 2.75) is 22.7 Å². The SMILES string of the molecule is BC1(B)Oc2cc3c(cc2O1)C(B)(B)[C@@](B)(N)C3. The van der Waals surface area contributed by atoms with Gasteiger partial charge in [0.1, 0.15) is 23.5 Å². The molecular formula is C10H16B5NO2. The van der Waals surface area contributed by atoms with E-state index in [0.29, 0.717) is 0 Å². The molecule has 0 bridgehead atoms. The van der Waals surface area contributed by atoms with Gasteiger partial charge in [-0.05, 0) is 35.1 Å². The van der Waals surface area contributed by atoms with E-state index < -0.39 is 5.59 Å². The molecule has 1 aliphatic carbocycles. The second-order valence-electron chi connectivity index (χ2n) is 6.78. The van der Waals surface area contributed by atoms with Crippen LogP contribution in [-0.2, 0) is 11.6 Å². The Hall–Kier alpha value is -0.895. The summed E-state index contributed by atoms with van der Waals surface area (Å²) in [6, 6.07) is 4.21. The second-order valence-corrected chi connectivity index (χ2v) is 6.78. The third-order valence-electron chi connectivity index (χ3n) is 4.54. The minimum atomic E-state index is -0.562. The van der Waals surface area contributed by atoms with Gasteiger partial charge in [-0.15, -0.1) is 0 Å². The van der Waals surface area contributed by atoms with Gasteiger partial charge >= 0.3 is 0 Å². The standard InChI is InChI=1S/C10H16B5NO2/c11-8(16)3-4-1-6-7(18-10(14,15)17-6)2-5(4)9(8,12)13/h1-2H,3,11-16H2/t8-/m0/s1.